The molecule has 4 unspecified atom stereocenters. The molecule has 3 aliphatic rings. The lowest BCUT2D eigenvalue weighted by Crippen LogP contribution is -2.45. The molecule has 0 amide bonds. The van der Waals surface area contributed by atoms with Crippen LogP contribution in [-0.4, -0.2) is 180 Å². The number of anilines is 3. The number of hydrogen-bond acceptors (Lipinski definition) is 28. The molecule has 3 aliphatic heterocycles. The van der Waals surface area contributed by atoms with Gasteiger partial charge in [0, 0.05) is 26.7 Å². The Morgan fingerprint density at radius 3 is 2.08 bits per heavy atom. The van der Waals surface area contributed by atoms with E-state index in [-0.39, 0.29) is 64.2 Å². The molecule has 76 heavy (non-hydrogen) atoms. The summed E-state index contributed by atoms with van der Waals surface area (Å²) in [6.45, 7) is -2.90. The maximum absolute atomic E-state index is 13.3. The molecule has 9 rings (SSSR count). The van der Waals surface area contributed by atoms with Gasteiger partial charge in [-0.15, -0.1) is 0 Å². The van der Waals surface area contributed by atoms with Gasteiger partial charge in [0.2, 0.25) is 17.7 Å². The third-order valence-electron chi connectivity index (χ3n) is 12.4. The molecule has 416 valence electrons. The number of aromatic amines is 2. The van der Waals surface area contributed by atoms with Crippen molar-refractivity contribution in [3.63, 3.8) is 0 Å². The summed E-state index contributed by atoms with van der Waals surface area (Å²) in [5, 5.41) is 33.2. The topological polar surface area (TPSA) is 514 Å². The molecule has 15 atom stereocenters. The van der Waals surface area contributed by atoms with E-state index in [1.54, 1.807) is 0 Å². The Kier molecular flexibility index (Phi) is 15.9. The standard InChI is InChI=1S/C36H50N15O22P3/c1-48-12-51(29-20(48)31(56)47-36(39)45-29)32-21(52)14(4-5-63-2)15(69-32)7-67-74(57,58)72-76(61,62)73-75(59,60)68-8-17-24(25(64-3)34(71-17)49-10-42-18-26(37)40-9-41-27(18)49)66-13-65-6-16-22(53)23(54)33(70-16)50-11-43-19-28(50)44-35(38)46-30(19)55/h9-12,14-17,21-25,32-34,52-54H,4-8,13H2,1-3H3,(H10-,37,38,39,40,41,44,45,46,47,55,56,57,58,59,60,61,62)/p+1/t14-,15-,16-,17?,21-,22-,23-,24-,25-,32-,33-,34-/m1/s1. The highest BCUT2D eigenvalue weighted by Gasteiger charge is 2.52. The van der Waals surface area contributed by atoms with Crippen LogP contribution in [0.3, 0.4) is 0 Å². The van der Waals surface area contributed by atoms with Gasteiger partial charge in [0.1, 0.15) is 61.4 Å². The minimum atomic E-state index is -6.07. The zero-order valence-electron chi connectivity index (χ0n) is 39.7. The molecular weight excluding hydrogens is 1090 g/mol. The number of phosphoric acid groups is 3. The lowest BCUT2D eigenvalue weighted by atomic mass is 9.95. The summed E-state index contributed by atoms with van der Waals surface area (Å²) < 4.78 is 104. The van der Waals surface area contributed by atoms with Crippen molar-refractivity contribution in [1.29, 1.82) is 0 Å². The second-order valence-electron chi connectivity index (χ2n) is 17.2. The normalized spacial score (nSPS) is 29.4. The summed E-state index contributed by atoms with van der Waals surface area (Å²) in [5.74, 6) is -1.37. The molecule has 0 radical (unpaired) electrons. The Bertz CT molecular complexity index is 3360. The van der Waals surface area contributed by atoms with Gasteiger partial charge in [-0.25, -0.2) is 38.2 Å². The van der Waals surface area contributed by atoms with E-state index in [0.717, 1.165) is 6.33 Å². The highest BCUT2D eigenvalue weighted by Crippen LogP contribution is 2.68. The predicted molar refractivity (Wildman–Crippen MR) is 248 cm³/mol. The number of fused-ring (bicyclic) bond motifs is 3. The van der Waals surface area contributed by atoms with Crippen molar-refractivity contribution in [3.8, 4) is 0 Å². The van der Waals surface area contributed by atoms with E-state index < -0.39 is 135 Å². The largest absolute Gasteiger partial charge is 0.490 e. The number of hydrogen-bond donors (Lipinski definition) is 11. The Balaban J connectivity index is 0.846. The number of aliphatic hydroxyl groups is 3. The molecule has 9 heterocycles. The number of methoxy groups -OCH3 is 2. The van der Waals surface area contributed by atoms with Gasteiger partial charge in [0.25, 0.3) is 17.1 Å². The first-order valence-corrected chi connectivity index (χ1v) is 26.8. The molecule has 37 nitrogen and oxygen atoms in total. The first-order chi connectivity index (χ1) is 36.0. The number of rotatable bonds is 22. The number of H-pyrrole nitrogens is 2. The van der Waals surface area contributed by atoms with Gasteiger partial charge in [-0.05, 0) is 6.42 Å². The number of aromatic nitrogens is 12. The Labute approximate surface area is 424 Å². The van der Waals surface area contributed by atoms with Crippen molar-refractivity contribution >= 4 is 74.7 Å². The number of nitrogens with two attached hydrogens (primary N) is 3. The number of nitrogens with one attached hydrogen (secondary N) is 2. The number of nitrogens with zero attached hydrogens (tertiary/aromatic N) is 10. The molecule has 0 spiro atoms. The Morgan fingerprint density at radius 2 is 1.38 bits per heavy atom. The summed E-state index contributed by atoms with van der Waals surface area (Å²) in [5.41, 5.74) is 16.4. The van der Waals surface area contributed by atoms with Gasteiger partial charge in [-0.1, -0.05) is 4.98 Å². The number of aliphatic hydroxyl groups excluding tert-OH is 3. The lowest BCUT2D eigenvalue weighted by molar-refractivity contribution is -0.745. The second kappa shape index (κ2) is 21.8. The van der Waals surface area contributed by atoms with Crippen LogP contribution in [0.2, 0.25) is 0 Å². The van der Waals surface area contributed by atoms with Gasteiger partial charge in [-0.3, -0.25) is 42.3 Å². The molecule has 40 heteroatoms. The fraction of sp³-hybridized carbons (Fsp3) is 0.583. The number of nitrogen functional groups attached to an aromatic ring is 3. The van der Waals surface area contributed by atoms with Crippen molar-refractivity contribution in [2.24, 2.45) is 13.0 Å². The van der Waals surface area contributed by atoms with Gasteiger partial charge in [0.05, 0.1) is 45.6 Å². The summed E-state index contributed by atoms with van der Waals surface area (Å²) >= 11 is 0. The van der Waals surface area contributed by atoms with E-state index in [4.69, 9.17) is 59.4 Å². The minimum absolute atomic E-state index is 0.00739. The summed E-state index contributed by atoms with van der Waals surface area (Å²) in [4.78, 5) is 85.9. The number of aryl methyl sites for hydroxylation is 1. The SMILES string of the molecule is COCC[C@H]1[C@@H](O)[C@H]([n+]2cn(C)c3c(=O)[nH]c(N)nc32)O[C@@H]1COP(=O)(O)OP(=O)(O)OP(=O)(O)OCC1O[C@@H](n2cnc3c(N)ncnc32)[C@H](OC)[C@@H]1OCOC[C@H]1O[C@@H](n2cnc3c(=O)[nH]c(N)nc32)[C@H](O)[C@@H]1O. The van der Waals surface area contributed by atoms with E-state index in [1.165, 1.54) is 58.5 Å². The Morgan fingerprint density at radius 1 is 0.737 bits per heavy atom. The van der Waals surface area contributed by atoms with Crippen LogP contribution in [0.15, 0.2) is 34.9 Å². The van der Waals surface area contributed by atoms with E-state index in [9.17, 15) is 53.3 Å². The third kappa shape index (κ3) is 11.2. The molecular formula is C36H51N15O22P3+. The highest BCUT2D eigenvalue weighted by atomic mass is 31.3. The summed E-state index contributed by atoms with van der Waals surface area (Å²) in [6, 6.07) is 0. The van der Waals surface area contributed by atoms with Crippen LogP contribution in [0.25, 0.3) is 33.5 Å². The molecule has 6 aromatic heterocycles. The van der Waals surface area contributed by atoms with Crippen LogP contribution in [0.1, 0.15) is 25.1 Å². The van der Waals surface area contributed by atoms with Crippen LogP contribution < -0.4 is 32.9 Å². The lowest BCUT2D eigenvalue weighted by Gasteiger charge is -2.24. The third-order valence-corrected chi connectivity index (χ3v) is 16.6. The smallest absolute Gasteiger partial charge is 0.387 e. The van der Waals surface area contributed by atoms with Gasteiger partial charge >= 0.3 is 29.1 Å². The van der Waals surface area contributed by atoms with E-state index >= 15 is 0 Å². The number of imidazole rings is 3. The van der Waals surface area contributed by atoms with Crippen molar-refractivity contribution in [2.45, 2.75) is 73.9 Å². The molecule has 0 saturated carbocycles. The van der Waals surface area contributed by atoms with Gasteiger partial charge in [0.15, 0.2) is 41.4 Å². The molecule has 0 bridgehead atoms. The fourth-order valence-electron chi connectivity index (χ4n) is 9.00. The van der Waals surface area contributed by atoms with Crippen LogP contribution in [0.5, 0.6) is 0 Å². The molecule has 14 N–H and O–H groups in total. The first kappa shape index (κ1) is 55.4. The van der Waals surface area contributed by atoms with Crippen molar-refractivity contribution in [2.75, 3.05) is 64.6 Å². The zero-order valence-corrected chi connectivity index (χ0v) is 42.4. The van der Waals surface area contributed by atoms with E-state index in [1.807, 2.05) is 0 Å². The average Bonchev–Trinajstić information content (AvgIpc) is 4.22. The van der Waals surface area contributed by atoms with Crippen molar-refractivity contribution < 1.29 is 99.1 Å². The number of phosphoric ester groups is 2. The quantitative estimate of drug-likeness (QED) is 0.0136. The van der Waals surface area contributed by atoms with Crippen molar-refractivity contribution in [1.82, 2.24) is 53.6 Å². The first-order valence-electron chi connectivity index (χ1n) is 22.3. The summed E-state index contributed by atoms with van der Waals surface area (Å²) in [6.07, 6.45) is -9.64. The fourth-order valence-corrected chi connectivity index (χ4v) is 12.5. The van der Waals surface area contributed by atoms with Gasteiger partial charge < -0.3 is 80.4 Å². The Hall–Kier alpha value is -5.34. The monoisotopic (exact) mass is 1140 g/mol. The summed E-state index contributed by atoms with van der Waals surface area (Å²) in [7, 11) is -13.4. The van der Waals surface area contributed by atoms with Crippen LogP contribution in [-0.2, 0) is 71.6 Å². The molecule has 3 fully saturated rings. The van der Waals surface area contributed by atoms with Crippen LogP contribution in [0, 0.1) is 5.92 Å². The molecule has 0 aliphatic carbocycles. The van der Waals surface area contributed by atoms with Gasteiger partial charge in [-0.2, -0.15) is 13.6 Å². The maximum Gasteiger partial charge on any atom is 0.490 e. The van der Waals surface area contributed by atoms with E-state index in [0.29, 0.717) is 0 Å². The maximum atomic E-state index is 13.3. The molecule has 0 aromatic carbocycles. The van der Waals surface area contributed by atoms with Crippen molar-refractivity contribution in [3.05, 3.63) is 46.0 Å². The number of ether oxygens (including phenoxy) is 7. The minimum Gasteiger partial charge on any atom is -0.387 e. The highest BCUT2D eigenvalue weighted by molar-refractivity contribution is 7.66. The zero-order chi connectivity index (χ0) is 54.6. The predicted octanol–water partition coefficient (Wildman–Crippen LogP) is -3.56. The molecule has 3 saturated heterocycles. The van der Waals surface area contributed by atoms with Crippen LogP contribution >= 0.6 is 23.5 Å². The average molecular weight is 1140 g/mol. The van der Waals surface area contributed by atoms with E-state index in [2.05, 4.69) is 48.5 Å². The van der Waals surface area contributed by atoms with Crippen LogP contribution in [0.4, 0.5) is 17.7 Å². The second-order valence-corrected chi connectivity index (χ2v) is 21.8. The molecule has 6 aromatic rings.